The zero-order valence-electron chi connectivity index (χ0n) is 19.0. The highest BCUT2D eigenvalue weighted by Crippen LogP contribution is 2.19. The molecule has 0 spiro atoms. The molecule has 0 saturated carbocycles. The summed E-state index contributed by atoms with van der Waals surface area (Å²) in [5, 5.41) is 3.48. The van der Waals surface area contributed by atoms with Gasteiger partial charge in [0.05, 0.1) is 12.5 Å². The summed E-state index contributed by atoms with van der Waals surface area (Å²) in [7, 11) is 1.81. The average molecular weight is 544 g/mol. The highest BCUT2D eigenvalue weighted by atomic mass is 127. The van der Waals surface area contributed by atoms with Crippen molar-refractivity contribution in [1.29, 1.82) is 0 Å². The molecule has 8 nitrogen and oxygen atoms in total. The van der Waals surface area contributed by atoms with Gasteiger partial charge in [0.15, 0.2) is 5.96 Å². The van der Waals surface area contributed by atoms with Crippen LogP contribution in [0, 0.1) is 5.92 Å². The number of guanidine groups is 1. The fourth-order valence-electron chi connectivity index (χ4n) is 4.14. The Bertz CT molecular complexity index is 716. The van der Waals surface area contributed by atoms with Gasteiger partial charge >= 0.3 is 5.97 Å². The maximum Gasteiger partial charge on any atom is 0.309 e. The average Bonchev–Trinajstić information content (AvgIpc) is 2.80. The predicted octanol–water partition coefficient (Wildman–Crippen LogP) is 2.19. The van der Waals surface area contributed by atoms with Gasteiger partial charge in [-0.25, -0.2) is 4.98 Å². The van der Waals surface area contributed by atoms with Gasteiger partial charge in [-0.15, -0.1) is 24.0 Å². The van der Waals surface area contributed by atoms with Crippen molar-refractivity contribution < 1.29 is 9.53 Å². The Balaban J connectivity index is 0.00000341. The van der Waals surface area contributed by atoms with Gasteiger partial charge in [0.25, 0.3) is 0 Å². The Morgan fingerprint density at radius 3 is 2.52 bits per heavy atom. The molecule has 2 aliphatic rings. The normalized spacial score (nSPS) is 18.5. The summed E-state index contributed by atoms with van der Waals surface area (Å²) >= 11 is 0. The maximum absolute atomic E-state index is 12.0. The van der Waals surface area contributed by atoms with Crippen LogP contribution in [0.3, 0.4) is 0 Å². The Morgan fingerprint density at radius 2 is 1.90 bits per heavy atom. The molecule has 31 heavy (non-hydrogen) atoms. The highest BCUT2D eigenvalue weighted by Gasteiger charge is 2.27. The van der Waals surface area contributed by atoms with Crippen LogP contribution in [0.15, 0.2) is 23.3 Å². The first kappa shape index (κ1) is 25.6. The van der Waals surface area contributed by atoms with Crippen molar-refractivity contribution in [1.82, 2.24) is 20.1 Å². The molecular weight excluding hydrogens is 507 g/mol. The molecule has 0 atom stereocenters. The summed E-state index contributed by atoms with van der Waals surface area (Å²) in [5.41, 5.74) is 1.19. The van der Waals surface area contributed by atoms with Crippen LogP contribution < -0.4 is 10.2 Å². The van der Waals surface area contributed by atoms with Crippen molar-refractivity contribution >= 4 is 41.7 Å². The van der Waals surface area contributed by atoms with Gasteiger partial charge in [0, 0.05) is 59.1 Å². The van der Waals surface area contributed by atoms with Crippen molar-refractivity contribution in [2.24, 2.45) is 10.9 Å². The first-order valence-corrected chi connectivity index (χ1v) is 11.2. The van der Waals surface area contributed by atoms with E-state index in [9.17, 15) is 4.79 Å². The summed E-state index contributed by atoms with van der Waals surface area (Å²) in [6, 6.07) is 4.23. The number of piperidine rings is 1. The fraction of sp³-hybridized carbons (Fsp3) is 0.682. The molecule has 2 aliphatic heterocycles. The van der Waals surface area contributed by atoms with Gasteiger partial charge in [-0.3, -0.25) is 9.79 Å². The molecule has 0 unspecified atom stereocenters. The molecule has 0 aromatic carbocycles. The highest BCUT2D eigenvalue weighted by molar-refractivity contribution is 14.0. The Labute approximate surface area is 203 Å². The van der Waals surface area contributed by atoms with E-state index in [0.717, 1.165) is 70.4 Å². The molecule has 1 aromatic rings. The molecule has 9 heteroatoms. The van der Waals surface area contributed by atoms with E-state index in [4.69, 9.17) is 4.74 Å². The number of esters is 1. The first-order chi connectivity index (χ1) is 14.6. The topological polar surface area (TPSA) is 73.3 Å². The van der Waals surface area contributed by atoms with E-state index in [1.807, 2.05) is 20.2 Å². The molecule has 1 N–H and O–H groups in total. The van der Waals surface area contributed by atoms with Crippen LogP contribution in [0.25, 0.3) is 0 Å². The van der Waals surface area contributed by atoms with E-state index in [1.54, 1.807) is 0 Å². The minimum atomic E-state index is -0.0656. The van der Waals surface area contributed by atoms with E-state index in [0.29, 0.717) is 13.2 Å². The van der Waals surface area contributed by atoms with E-state index < -0.39 is 0 Å². The van der Waals surface area contributed by atoms with Gasteiger partial charge in [0.1, 0.15) is 5.82 Å². The van der Waals surface area contributed by atoms with Crippen LogP contribution in [-0.2, 0) is 16.1 Å². The number of halogens is 1. The molecule has 0 amide bonds. The van der Waals surface area contributed by atoms with Crippen LogP contribution in [0.4, 0.5) is 5.82 Å². The molecule has 174 valence electrons. The monoisotopic (exact) mass is 544 g/mol. The third kappa shape index (κ3) is 7.20. The molecule has 0 aliphatic carbocycles. The number of ether oxygens (including phenoxy) is 1. The lowest BCUT2D eigenvalue weighted by molar-refractivity contribution is -0.149. The number of anilines is 1. The molecule has 1 aromatic heterocycles. The van der Waals surface area contributed by atoms with Gasteiger partial charge in [0.2, 0.25) is 0 Å². The van der Waals surface area contributed by atoms with Gasteiger partial charge in [-0.1, -0.05) is 6.92 Å². The minimum Gasteiger partial charge on any atom is -0.466 e. The number of likely N-dealkylation sites (tertiary alicyclic amines) is 1. The molecule has 0 bridgehead atoms. The van der Waals surface area contributed by atoms with Crippen LogP contribution in [-0.4, -0.2) is 86.2 Å². The van der Waals surface area contributed by atoms with Gasteiger partial charge in [-0.2, -0.15) is 0 Å². The summed E-state index contributed by atoms with van der Waals surface area (Å²) in [5.74, 6) is 1.88. The number of piperazine rings is 1. The largest absolute Gasteiger partial charge is 0.466 e. The van der Waals surface area contributed by atoms with E-state index in [1.165, 1.54) is 5.56 Å². The Kier molecular flexibility index (Phi) is 10.8. The van der Waals surface area contributed by atoms with Crippen LogP contribution in [0.2, 0.25) is 0 Å². The lowest BCUT2D eigenvalue weighted by Gasteiger charge is -2.35. The first-order valence-electron chi connectivity index (χ1n) is 11.2. The lowest BCUT2D eigenvalue weighted by atomic mass is 9.97. The second kappa shape index (κ2) is 13.0. The van der Waals surface area contributed by atoms with Crippen molar-refractivity contribution in [3.63, 3.8) is 0 Å². The van der Waals surface area contributed by atoms with Crippen molar-refractivity contribution in [3.05, 3.63) is 23.9 Å². The molecule has 0 radical (unpaired) electrons. The number of hydrogen-bond donors (Lipinski definition) is 1. The zero-order chi connectivity index (χ0) is 21.3. The number of likely N-dealkylation sites (N-methyl/N-ethyl adjacent to an activating group) is 1. The maximum atomic E-state index is 12.0. The fourth-order valence-corrected chi connectivity index (χ4v) is 4.14. The summed E-state index contributed by atoms with van der Waals surface area (Å²) in [6.07, 6.45) is 3.51. The third-order valence-corrected chi connectivity index (χ3v) is 6.03. The summed E-state index contributed by atoms with van der Waals surface area (Å²) < 4.78 is 5.17. The van der Waals surface area contributed by atoms with Crippen LogP contribution >= 0.6 is 24.0 Å². The lowest BCUT2D eigenvalue weighted by Crippen LogP contribution is -2.47. The number of nitrogens with one attached hydrogen (secondary N) is 1. The Hall–Kier alpha value is -1.62. The number of rotatable bonds is 6. The summed E-state index contributed by atoms with van der Waals surface area (Å²) in [4.78, 5) is 28.0. The second-order valence-corrected chi connectivity index (χ2v) is 7.86. The molecule has 2 saturated heterocycles. The summed E-state index contributed by atoms with van der Waals surface area (Å²) in [6.45, 7) is 12.2. The van der Waals surface area contributed by atoms with E-state index >= 15 is 0 Å². The number of aromatic nitrogens is 1. The van der Waals surface area contributed by atoms with E-state index in [2.05, 4.69) is 49.0 Å². The van der Waals surface area contributed by atoms with E-state index in [-0.39, 0.29) is 35.9 Å². The van der Waals surface area contributed by atoms with Crippen molar-refractivity contribution in [2.75, 3.05) is 64.4 Å². The molecule has 3 rings (SSSR count). The molecule has 3 heterocycles. The van der Waals surface area contributed by atoms with Crippen LogP contribution in [0.5, 0.6) is 0 Å². The zero-order valence-corrected chi connectivity index (χ0v) is 21.4. The predicted molar refractivity (Wildman–Crippen MR) is 135 cm³/mol. The van der Waals surface area contributed by atoms with Gasteiger partial charge in [-0.05, 0) is 44.0 Å². The SMILES string of the molecule is CCOC(=O)C1CCN(C(=NC)NCc2ccnc(N3CCN(CC)CC3)c2)CC1.I. The van der Waals surface area contributed by atoms with Crippen molar-refractivity contribution in [2.45, 2.75) is 33.2 Å². The third-order valence-electron chi connectivity index (χ3n) is 6.03. The molecule has 2 fully saturated rings. The molecular formula is C22H37IN6O2. The number of hydrogen-bond acceptors (Lipinski definition) is 6. The number of nitrogens with zero attached hydrogens (tertiary/aromatic N) is 5. The quantitative estimate of drug-likeness (QED) is 0.255. The number of carbonyl (C=O) groups is 1. The number of aliphatic imine (C=N–C) groups is 1. The van der Waals surface area contributed by atoms with Crippen molar-refractivity contribution in [3.8, 4) is 0 Å². The smallest absolute Gasteiger partial charge is 0.309 e. The number of pyridine rings is 1. The number of carbonyl (C=O) groups excluding carboxylic acids is 1. The minimum absolute atomic E-state index is 0. The van der Waals surface area contributed by atoms with Crippen LogP contribution in [0.1, 0.15) is 32.3 Å². The standard InChI is InChI=1S/C22H36N6O2.HI/c1-4-26-12-14-27(15-13-26)20-16-18(6-9-24-20)17-25-22(23-3)28-10-7-19(8-11-28)21(29)30-5-2;/h6,9,16,19H,4-5,7-8,10-15,17H2,1-3H3,(H,23,25);1H. The Morgan fingerprint density at radius 1 is 1.19 bits per heavy atom. The van der Waals surface area contributed by atoms with Gasteiger partial charge < -0.3 is 24.8 Å². The second-order valence-electron chi connectivity index (χ2n) is 7.86.